The number of nitrogens with one attached hydrogen (secondary N) is 2. The molecule has 0 unspecified atom stereocenters. The number of ketones is 1. The van der Waals surface area contributed by atoms with Crippen LogP contribution in [0.25, 0.3) is 0 Å². The maximum Gasteiger partial charge on any atom is 0.326 e. The lowest BCUT2D eigenvalue weighted by Gasteiger charge is -2.14. The van der Waals surface area contributed by atoms with E-state index < -0.39 is 18.0 Å². The second-order valence-corrected chi connectivity index (χ2v) is 11.5. The Morgan fingerprint density at radius 3 is 1.55 bits per heavy atom. The molecule has 0 aliphatic rings. The van der Waals surface area contributed by atoms with Gasteiger partial charge in [0.25, 0.3) is 0 Å². The third-order valence-corrected chi connectivity index (χ3v) is 7.44. The fourth-order valence-corrected chi connectivity index (χ4v) is 4.69. The minimum atomic E-state index is -1.15. The second-order valence-electron chi connectivity index (χ2n) is 11.5. The number of aliphatic carboxylic acids is 2. The van der Waals surface area contributed by atoms with Crippen LogP contribution in [-0.2, 0) is 33.4 Å². The molecule has 2 amide bonds. The summed E-state index contributed by atoms with van der Waals surface area (Å²) in [5, 5.41) is 23.2. The summed E-state index contributed by atoms with van der Waals surface area (Å²) >= 11 is 0. The lowest BCUT2D eigenvalue weighted by atomic mass is 10.0. The van der Waals surface area contributed by atoms with Gasteiger partial charge in [0.1, 0.15) is 12.6 Å². The number of Topliss-reactive ketones (excluding diaryl/α,β-unsaturated/α-hetero) is 1. The van der Waals surface area contributed by atoms with E-state index in [4.69, 9.17) is 14.6 Å². The first-order chi connectivity index (χ1) is 21.3. The average Bonchev–Trinajstić information content (AvgIpc) is 2.99. The monoisotopic (exact) mass is 628 g/mol. The van der Waals surface area contributed by atoms with E-state index in [2.05, 4.69) is 10.6 Å². The van der Waals surface area contributed by atoms with E-state index in [-0.39, 0.29) is 56.6 Å². The molecule has 11 nitrogen and oxygen atoms in total. The zero-order valence-electron chi connectivity index (χ0n) is 27.2. The normalized spacial score (nSPS) is 11.7. The Hall–Kier alpha value is -2.53. The molecule has 0 aromatic rings. The molecule has 0 rings (SSSR count). The number of carboxylic acids is 2. The van der Waals surface area contributed by atoms with Crippen LogP contribution >= 0.6 is 0 Å². The molecule has 0 radical (unpaired) electrons. The van der Waals surface area contributed by atoms with Gasteiger partial charge in [-0.3, -0.25) is 19.2 Å². The smallest absolute Gasteiger partial charge is 0.326 e. The standard InChI is InChI=1S/C33H60N2O9/c1-2-28(36)27-44-26-25-43-24-23-34-30(37)22-21-29(33(41)42)35-31(38)19-17-15-13-11-9-7-5-3-4-6-8-10-12-14-16-18-20-32(39)40/h29H,2-27H2,1H3,(H,34,37)(H,35,38)(H,39,40)(H,41,42)/t29-/m0/s1. The molecule has 44 heavy (non-hydrogen) atoms. The van der Waals surface area contributed by atoms with E-state index in [1.165, 1.54) is 57.8 Å². The van der Waals surface area contributed by atoms with Gasteiger partial charge in [0, 0.05) is 32.2 Å². The Balaban J connectivity index is 3.62. The average molecular weight is 629 g/mol. The maximum atomic E-state index is 12.2. The van der Waals surface area contributed by atoms with Crippen molar-refractivity contribution in [3.63, 3.8) is 0 Å². The van der Waals surface area contributed by atoms with E-state index in [1.807, 2.05) is 0 Å². The molecule has 0 aliphatic heterocycles. The van der Waals surface area contributed by atoms with Gasteiger partial charge in [-0.1, -0.05) is 96.8 Å². The van der Waals surface area contributed by atoms with E-state index in [0.29, 0.717) is 26.1 Å². The van der Waals surface area contributed by atoms with Crippen LogP contribution in [-0.4, -0.2) is 78.8 Å². The summed E-state index contributed by atoms with van der Waals surface area (Å²) in [6, 6.07) is -1.09. The quantitative estimate of drug-likeness (QED) is 0.0679. The van der Waals surface area contributed by atoms with E-state index >= 15 is 0 Å². The number of carbonyl (C=O) groups excluding carboxylic acids is 3. The van der Waals surface area contributed by atoms with Crippen LogP contribution in [0.3, 0.4) is 0 Å². The van der Waals surface area contributed by atoms with Crippen LogP contribution in [0.2, 0.25) is 0 Å². The Morgan fingerprint density at radius 2 is 1.07 bits per heavy atom. The molecule has 0 bridgehead atoms. The first kappa shape index (κ1) is 41.5. The van der Waals surface area contributed by atoms with Crippen LogP contribution < -0.4 is 10.6 Å². The van der Waals surface area contributed by atoms with Crippen LogP contribution in [0.5, 0.6) is 0 Å². The summed E-state index contributed by atoms with van der Waals surface area (Å²) in [6.45, 7) is 3.00. The fourth-order valence-electron chi connectivity index (χ4n) is 4.69. The third-order valence-electron chi connectivity index (χ3n) is 7.44. The number of carbonyl (C=O) groups is 5. The highest BCUT2D eigenvalue weighted by Crippen LogP contribution is 2.14. The molecule has 0 saturated carbocycles. The topological polar surface area (TPSA) is 168 Å². The highest BCUT2D eigenvalue weighted by Gasteiger charge is 2.20. The predicted octanol–water partition coefficient (Wildman–Crippen LogP) is 5.57. The molecule has 0 aromatic heterocycles. The van der Waals surface area contributed by atoms with Gasteiger partial charge in [-0.05, 0) is 19.3 Å². The summed E-state index contributed by atoms with van der Waals surface area (Å²) in [5.74, 6) is -2.43. The van der Waals surface area contributed by atoms with Gasteiger partial charge in [-0.25, -0.2) is 4.79 Å². The Morgan fingerprint density at radius 1 is 0.591 bits per heavy atom. The number of rotatable bonds is 33. The summed E-state index contributed by atoms with van der Waals surface area (Å²) in [5.41, 5.74) is 0. The largest absolute Gasteiger partial charge is 0.481 e. The van der Waals surface area contributed by atoms with E-state index in [1.54, 1.807) is 6.92 Å². The van der Waals surface area contributed by atoms with Gasteiger partial charge < -0.3 is 30.3 Å². The molecule has 0 heterocycles. The number of hydrogen-bond acceptors (Lipinski definition) is 7. The third kappa shape index (κ3) is 29.5. The molecule has 0 saturated heterocycles. The molecule has 11 heteroatoms. The van der Waals surface area contributed by atoms with Crippen molar-refractivity contribution in [3.8, 4) is 0 Å². The molecular formula is C33H60N2O9. The highest BCUT2D eigenvalue weighted by atomic mass is 16.5. The minimum Gasteiger partial charge on any atom is -0.481 e. The summed E-state index contributed by atoms with van der Waals surface area (Å²) in [7, 11) is 0. The number of carboxylic acid groups (broad SMARTS) is 2. The van der Waals surface area contributed by atoms with Gasteiger partial charge in [0.05, 0.1) is 19.8 Å². The van der Waals surface area contributed by atoms with Crippen molar-refractivity contribution in [1.29, 1.82) is 0 Å². The summed E-state index contributed by atoms with van der Waals surface area (Å²) < 4.78 is 10.5. The first-order valence-electron chi connectivity index (χ1n) is 16.9. The van der Waals surface area contributed by atoms with Crippen LogP contribution in [0.1, 0.15) is 142 Å². The van der Waals surface area contributed by atoms with Crippen molar-refractivity contribution in [3.05, 3.63) is 0 Å². The van der Waals surface area contributed by atoms with Crippen molar-refractivity contribution >= 4 is 29.5 Å². The molecule has 1 atom stereocenters. The van der Waals surface area contributed by atoms with Gasteiger partial charge in [-0.2, -0.15) is 0 Å². The van der Waals surface area contributed by atoms with Crippen LogP contribution in [0.4, 0.5) is 0 Å². The van der Waals surface area contributed by atoms with Gasteiger partial charge in [0.15, 0.2) is 5.78 Å². The number of ether oxygens (including phenoxy) is 2. The molecule has 256 valence electrons. The minimum absolute atomic E-state index is 0.0168. The Labute approximate surface area is 264 Å². The number of hydrogen-bond donors (Lipinski definition) is 4. The Bertz CT molecular complexity index is 776. The molecule has 0 aromatic carbocycles. The zero-order chi connectivity index (χ0) is 32.7. The van der Waals surface area contributed by atoms with Crippen molar-refractivity contribution in [2.45, 2.75) is 148 Å². The molecule has 0 spiro atoms. The summed E-state index contributed by atoms with van der Waals surface area (Å²) in [6.07, 6.45) is 19.1. The van der Waals surface area contributed by atoms with Gasteiger partial charge in [-0.15, -0.1) is 0 Å². The van der Waals surface area contributed by atoms with Crippen molar-refractivity contribution in [1.82, 2.24) is 10.6 Å². The first-order valence-corrected chi connectivity index (χ1v) is 16.9. The predicted molar refractivity (Wildman–Crippen MR) is 169 cm³/mol. The number of amides is 2. The van der Waals surface area contributed by atoms with Crippen LogP contribution in [0.15, 0.2) is 0 Å². The van der Waals surface area contributed by atoms with Gasteiger partial charge in [0.2, 0.25) is 11.8 Å². The lowest BCUT2D eigenvalue weighted by Crippen LogP contribution is -2.41. The molecule has 0 aliphatic carbocycles. The van der Waals surface area contributed by atoms with E-state index in [9.17, 15) is 29.1 Å². The van der Waals surface area contributed by atoms with Crippen molar-refractivity contribution in [2.75, 3.05) is 33.0 Å². The summed E-state index contributed by atoms with van der Waals surface area (Å²) in [4.78, 5) is 57.4. The number of unbranched alkanes of at least 4 members (excludes halogenated alkanes) is 15. The molecular weight excluding hydrogens is 568 g/mol. The van der Waals surface area contributed by atoms with E-state index in [0.717, 1.165) is 44.9 Å². The maximum absolute atomic E-state index is 12.2. The fraction of sp³-hybridized carbons (Fsp3) is 0.848. The van der Waals surface area contributed by atoms with Crippen LogP contribution in [0, 0.1) is 0 Å². The van der Waals surface area contributed by atoms with Crippen molar-refractivity contribution in [2.24, 2.45) is 0 Å². The SMILES string of the molecule is CCC(=O)COCCOCCNC(=O)CC[C@H](NC(=O)CCCCCCCCCCCCCCCCCCC(=O)O)C(=O)O. The molecule has 0 fully saturated rings. The molecule has 4 N–H and O–H groups in total. The highest BCUT2D eigenvalue weighted by molar-refractivity contribution is 5.84. The lowest BCUT2D eigenvalue weighted by molar-refractivity contribution is -0.142. The van der Waals surface area contributed by atoms with Crippen molar-refractivity contribution < 1.29 is 43.7 Å². The van der Waals surface area contributed by atoms with Gasteiger partial charge >= 0.3 is 11.9 Å². The zero-order valence-corrected chi connectivity index (χ0v) is 27.2. The Kier molecular flexibility index (Phi) is 28.7. The second kappa shape index (κ2) is 30.5.